The zero-order chi connectivity index (χ0) is 15.2. The van der Waals surface area contributed by atoms with E-state index in [4.69, 9.17) is 0 Å². The lowest BCUT2D eigenvalue weighted by Gasteiger charge is -2.31. The lowest BCUT2D eigenvalue weighted by molar-refractivity contribution is -0.124. The number of nitrogens with one attached hydrogen (secondary N) is 2. The molecule has 116 valence electrons. The summed E-state index contributed by atoms with van der Waals surface area (Å²) in [6, 6.07) is 0.445. The second kappa shape index (κ2) is 7.36. The van der Waals surface area contributed by atoms with Crippen LogP contribution in [0.5, 0.6) is 0 Å². The van der Waals surface area contributed by atoms with Gasteiger partial charge in [-0.25, -0.2) is 9.97 Å². The molecule has 0 aromatic carbocycles. The Hall–Kier alpha value is -1.69. The van der Waals surface area contributed by atoms with Crippen LogP contribution in [0.3, 0.4) is 0 Å². The summed E-state index contributed by atoms with van der Waals surface area (Å²) in [6.07, 6.45) is 5.66. The normalized spacial score (nSPS) is 18.9. The van der Waals surface area contributed by atoms with Crippen molar-refractivity contribution >= 4 is 11.9 Å². The highest BCUT2D eigenvalue weighted by Gasteiger charge is 2.26. The van der Waals surface area contributed by atoms with E-state index in [2.05, 4.69) is 39.3 Å². The van der Waals surface area contributed by atoms with E-state index in [0.717, 1.165) is 37.4 Å². The Bertz CT molecular complexity index is 460. The number of nitrogens with zero attached hydrogens (tertiary/aromatic N) is 3. The molecular formula is C15H25N5O. The predicted octanol–water partition coefficient (Wildman–Crippen LogP) is 0.937. The summed E-state index contributed by atoms with van der Waals surface area (Å²) < 4.78 is 0. The number of carbonyl (C=O) groups is 1. The molecule has 2 N–H and O–H groups in total. The van der Waals surface area contributed by atoms with Gasteiger partial charge in [-0.1, -0.05) is 13.8 Å². The minimum Gasteiger partial charge on any atom is -0.359 e. The van der Waals surface area contributed by atoms with Crippen molar-refractivity contribution in [2.75, 3.05) is 25.0 Å². The summed E-state index contributed by atoms with van der Waals surface area (Å²) in [5.41, 5.74) is 1.08. The van der Waals surface area contributed by atoms with Crippen LogP contribution in [0.2, 0.25) is 0 Å². The van der Waals surface area contributed by atoms with Gasteiger partial charge in [-0.05, 0) is 12.8 Å². The van der Waals surface area contributed by atoms with E-state index in [-0.39, 0.29) is 11.8 Å². The molecule has 6 heteroatoms. The Morgan fingerprint density at radius 1 is 1.43 bits per heavy atom. The molecule has 1 aromatic rings. The van der Waals surface area contributed by atoms with Crippen LogP contribution in [0.25, 0.3) is 0 Å². The number of anilines is 1. The number of hydrogen-bond acceptors (Lipinski definition) is 5. The molecule has 0 bridgehead atoms. The van der Waals surface area contributed by atoms with Gasteiger partial charge in [-0.2, -0.15) is 0 Å². The Kier molecular flexibility index (Phi) is 5.50. The van der Waals surface area contributed by atoms with Crippen LogP contribution in [0, 0.1) is 5.92 Å². The fourth-order valence-corrected chi connectivity index (χ4v) is 2.50. The molecule has 6 nitrogen and oxygen atoms in total. The van der Waals surface area contributed by atoms with E-state index in [1.54, 1.807) is 7.05 Å². The van der Waals surface area contributed by atoms with Crippen molar-refractivity contribution in [1.29, 1.82) is 0 Å². The highest BCUT2D eigenvalue weighted by molar-refractivity contribution is 5.79. The van der Waals surface area contributed by atoms with Crippen molar-refractivity contribution in [3.63, 3.8) is 0 Å². The second-order valence-electron chi connectivity index (χ2n) is 5.83. The molecule has 21 heavy (non-hydrogen) atoms. The van der Waals surface area contributed by atoms with Crippen molar-refractivity contribution in [1.82, 2.24) is 20.6 Å². The first kappa shape index (κ1) is 15.7. The van der Waals surface area contributed by atoms with Crippen molar-refractivity contribution in [3.8, 4) is 0 Å². The highest BCUT2D eigenvalue weighted by atomic mass is 16.1. The van der Waals surface area contributed by atoms with Gasteiger partial charge in [-0.3, -0.25) is 4.79 Å². The number of amides is 1. The third-order valence-electron chi connectivity index (χ3n) is 3.73. The predicted molar refractivity (Wildman–Crippen MR) is 83.0 cm³/mol. The zero-order valence-corrected chi connectivity index (χ0v) is 13.1. The van der Waals surface area contributed by atoms with E-state index >= 15 is 0 Å². The van der Waals surface area contributed by atoms with E-state index in [0.29, 0.717) is 12.6 Å². The molecule has 1 aliphatic heterocycles. The fraction of sp³-hybridized carbons (Fsp3) is 0.667. The Balaban J connectivity index is 1.96. The molecule has 1 aliphatic rings. The third kappa shape index (κ3) is 4.39. The molecule has 0 aliphatic carbocycles. The molecule has 1 atom stereocenters. The van der Waals surface area contributed by atoms with Gasteiger partial charge in [0.2, 0.25) is 11.9 Å². The van der Waals surface area contributed by atoms with Crippen molar-refractivity contribution < 1.29 is 4.79 Å². The van der Waals surface area contributed by atoms with Gasteiger partial charge < -0.3 is 15.5 Å². The number of carbonyl (C=O) groups excluding carboxylic acids is 1. The lowest BCUT2D eigenvalue weighted by Crippen LogP contribution is -2.42. The van der Waals surface area contributed by atoms with E-state index in [9.17, 15) is 4.79 Å². The molecular weight excluding hydrogens is 266 g/mol. The summed E-state index contributed by atoms with van der Waals surface area (Å²) in [7, 11) is 1.69. The summed E-state index contributed by atoms with van der Waals surface area (Å²) >= 11 is 0. The summed E-state index contributed by atoms with van der Waals surface area (Å²) in [5, 5.41) is 6.07. The largest absolute Gasteiger partial charge is 0.359 e. The van der Waals surface area contributed by atoms with Crippen LogP contribution in [-0.2, 0) is 11.3 Å². The Labute approximate surface area is 126 Å². The van der Waals surface area contributed by atoms with Crippen LogP contribution in [0.1, 0.15) is 32.3 Å². The van der Waals surface area contributed by atoms with Gasteiger partial charge in [0.1, 0.15) is 0 Å². The second-order valence-corrected chi connectivity index (χ2v) is 5.83. The van der Waals surface area contributed by atoms with Crippen LogP contribution >= 0.6 is 0 Å². The molecule has 1 saturated heterocycles. The first-order chi connectivity index (χ1) is 10.1. The van der Waals surface area contributed by atoms with Gasteiger partial charge in [-0.15, -0.1) is 0 Å². The SMILES string of the molecule is CNC(=O)C1CCCN(c2ncc(CNC(C)C)cn2)C1. The van der Waals surface area contributed by atoms with Crippen molar-refractivity contribution in [2.24, 2.45) is 5.92 Å². The van der Waals surface area contributed by atoms with Gasteiger partial charge in [0, 0.05) is 50.7 Å². The molecule has 1 fully saturated rings. The smallest absolute Gasteiger partial charge is 0.225 e. The minimum absolute atomic E-state index is 0.0367. The molecule has 0 saturated carbocycles. The van der Waals surface area contributed by atoms with Gasteiger partial charge in [0.05, 0.1) is 5.92 Å². The molecule has 0 radical (unpaired) electrons. The number of rotatable bonds is 5. The Morgan fingerprint density at radius 2 is 2.14 bits per heavy atom. The van der Waals surface area contributed by atoms with Crippen molar-refractivity contribution in [2.45, 2.75) is 39.3 Å². The number of aromatic nitrogens is 2. The standard InChI is InChI=1S/C15H25N5O/c1-11(2)17-7-12-8-18-15(19-9-12)20-6-4-5-13(10-20)14(21)16-3/h8-9,11,13,17H,4-7,10H2,1-3H3,(H,16,21). The maximum Gasteiger partial charge on any atom is 0.225 e. The summed E-state index contributed by atoms with van der Waals surface area (Å²) in [4.78, 5) is 22.7. The average molecular weight is 291 g/mol. The zero-order valence-electron chi connectivity index (χ0n) is 13.1. The van der Waals surface area contributed by atoms with Crippen LogP contribution in [0.4, 0.5) is 5.95 Å². The topological polar surface area (TPSA) is 70.2 Å². The van der Waals surface area contributed by atoms with Crippen LogP contribution in [0.15, 0.2) is 12.4 Å². The maximum absolute atomic E-state index is 11.8. The summed E-state index contributed by atoms with van der Waals surface area (Å²) in [5.74, 6) is 0.865. The van der Waals surface area contributed by atoms with Gasteiger partial charge in [0.25, 0.3) is 0 Å². The number of piperidine rings is 1. The molecule has 1 amide bonds. The van der Waals surface area contributed by atoms with Gasteiger partial charge in [0.15, 0.2) is 0 Å². The molecule has 2 rings (SSSR count). The minimum atomic E-state index is 0.0367. The number of hydrogen-bond donors (Lipinski definition) is 2. The lowest BCUT2D eigenvalue weighted by atomic mass is 9.97. The Morgan fingerprint density at radius 3 is 2.76 bits per heavy atom. The highest BCUT2D eigenvalue weighted by Crippen LogP contribution is 2.20. The molecule has 1 aromatic heterocycles. The van der Waals surface area contributed by atoms with Crippen molar-refractivity contribution in [3.05, 3.63) is 18.0 Å². The first-order valence-electron chi connectivity index (χ1n) is 7.61. The third-order valence-corrected chi connectivity index (χ3v) is 3.73. The summed E-state index contributed by atoms with van der Waals surface area (Å²) in [6.45, 7) is 6.61. The van der Waals surface area contributed by atoms with E-state index in [1.165, 1.54) is 0 Å². The maximum atomic E-state index is 11.8. The van der Waals surface area contributed by atoms with Crippen LogP contribution in [-0.4, -0.2) is 42.1 Å². The van der Waals surface area contributed by atoms with E-state index < -0.39 is 0 Å². The molecule has 1 unspecified atom stereocenters. The van der Waals surface area contributed by atoms with Gasteiger partial charge >= 0.3 is 0 Å². The quantitative estimate of drug-likeness (QED) is 0.845. The monoisotopic (exact) mass is 291 g/mol. The fourth-order valence-electron chi connectivity index (χ4n) is 2.50. The van der Waals surface area contributed by atoms with Crippen LogP contribution < -0.4 is 15.5 Å². The average Bonchev–Trinajstić information content (AvgIpc) is 2.52. The van der Waals surface area contributed by atoms with E-state index in [1.807, 2.05) is 12.4 Å². The molecule has 2 heterocycles. The molecule has 0 spiro atoms. The first-order valence-corrected chi connectivity index (χ1v) is 7.61.